The molecule has 0 amide bonds. The minimum absolute atomic E-state index is 0.119. The highest BCUT2D eigenvalue weighted by Crippen LogP contribution is 2.32. The molecule has 0 N–H and O–H groups in total. The van der Waals surface area contributed by atoms with Crippen LogP contribution in [0.15, 0.2) is 63.3 Å². The van der Waals surface area contributed by atoms with Gasteiger partial charge in [-0.1, -0.05) is 46.7 Å². The number of carbonyl (C=O) groups excluding carboxylic acids is 10. The van der Waals surface area contributed by atoms with Gasteiger partial charge in [0.15, 0.2) is 0 Å². The Hall–Kier alpha value is -6.60. The van der Waals surface area contributed by atoms with Gasteiger partial charge in [-0.3, -0.25) is 24.0 Å². The number of esters is 10. The van der Waals surface area contributed by atoms with Gasteiger partial charge in [-0.15, -0.1) is 0 Å². The lowest BCUT2D eigenvalue weighted by Crippen LogP contribution is -2.34. The Morgan fingerprint density at radius 2 is 0.548 bits per heavy atom. The maximum atomic E-state index is 13.8. The Kier molecular flexibility index (Phi) is 29.6. The van der Waals surface area contributed by atoms with Crippen molar-refractivity contribution in [3.05, 3.63) is 63.3 Å². The Morgan fingerprint density at radius 1 is 0.339 bits per heavy atom. The summed E-state index contributed by atoms with van der Waals surface area (Å²) in [6.45, 7) is 15.7. The molecule has 0 aliphatic carbocycles. The molecule has 5 unspecified atom stereocenters. The first-order valence-electron chi connectivity index (χ1n) is 19.4. The van der Waals surface area contributed by atoms with E-state index in [1.54, 1.807) is 6.92 Å². The molecule has 0 bridgehead atoms. The Morgan fingerprint density at radius 3 is 0.806 bits per heavy atom. The van der Waals surface area contributed by atoms with Gasteiger partial charge in [0.05, 0.1) is 29.6 Å². The van der Waals surface area contributed by atoms with E-state index in [0.717, 1.165) is 30.4 Å². The lowest BCUT2D eigenvalue weighted by atomic mass is 9.80. The Bertz CT molecular complexity index is 1580. The van der Waals surface area contributed by atoms with Gasteiger partial charge < -0.3 is 47.4 Å². The summed E-state index contributed by atoms with van der Waals surface area (Å²) in [7, 11) is 0. The summed E-state index contributed by atoms with van der Waals surface area (Å²) in [5, 5.41) is 0. The van der Waals surface area contributed by atoms with Crippen LogP contribution in [0.2, 0.25) is 0 Å². The summed E-state index contributed by atoms with van der Waals surface area (Å²) in [6.07, 6.45) is 3.16. The summed E-state index contributed by atoms with van der Waals surface area (Å²) < 4.78 is 50.8. The van der Waals surface area contributed by atoms with Gasteiger partial charge in [0.2, 0.25) is 0 Å². The SMILES string of the molecule is C=CC(=O)OCCOC(=O)C(C)CC(CC(CC(CC(CC)C(=O)OCCOC(=O)C=C)C(=O)OCCOC(=O)C=C)C(=O)OCCOC(=O)C=C)C(=O)OCCOC(=O)C=C. The molecule has 0 aliphatic heterocycles. The largest absolute Gasteiger partial charge is 0.462 e. The minimum Gasteiger partial charge on any atom is -0.462 e. The van der Waals surface area contributed by atoms with Crippen LogP contribution < -0.4 is 0 Å². The van der Waals surface area contributed by atoms with Crippen molar-refractivity contribution >= 4 is 59.7 Å². The quantitative estimate of drug-likeness (QED) is 0.0389. The molecule has 0 aromatic heterocycles. The highest BCUT2D eigenvalue weighted by Gasteiger charge is 2.37. The first-order chi connectivity index (χ1) is 29.6. The molecule has 62 heavy (non-hydrogen) atoms. The number of hydrogen-bond donors (Lipinski definition) is 0. The first kappa shape index (κ1) is 55.4. The molecule has 0 rings (SSSR count). The molecular weight excluding hydrogens is 824 g/mol. The van der Waals surface area contributed by atoms with E-state index < -0.39 is 129 Å². The van der Waals surface area contributed by atoms with E-state index in [1.807, 2.05) is 0 Å². The van der Waals surface area contributed by atoms with Gasteiger partial charge in [0.25, 0.3) is 0 Å². The van der Waals surface area contributed by atoms with E-state index in [1.165, 1.54) is 6.92 Å². The highest BCUT2D eigenvalue weighted by atomic mass is 16.6. The molecule has 20 nitrogen and oxygen atoms in total. The maximum absolute atomic E-state index is 13.8. The molecule has 0 aromatic carbocycles. The van der Waals surface area contributed by atoms with Crippen LogP contribution in [0.5, 0.6) is 0 Å². The van der Waals surface area contributed by atoms with Crippen LogP contribution in [0.1, 0.15) is 46.0 Å². The van der Waals surface area contributed by atoms with Gasteiger partial charge in [-0.05, 0) is 32.1 Å². The third kappa shape index (κ3) is 25.1. The predicted molar refractivity (Wildman–Crippen MR) is 212 cm³/mol. The average Bonchev–Trinajstić information content (AvgIpc) is 3.27. The number of ether oxygens (including phenoxy) is 10. The summed E-state index contributed by atoms with van der Waals surface area (Å²) >= 11 is 0. The average molecular weight is 881 g/mol. The fourth-order valence-corrected chi connectivity index (χ4v) is 5.18. The molecular formula is C42H56O20. The lowest BCUT2D eigenvalue weighted by molar-refractivity contribution is -0.161. The molecule has 0 spiro atoms. The van der Waals surface area contributed by atoms with Crippen molar-refractivity contribution in [3.8, 4) is 0 Å². The summed E-state index contributed by atoms with van der Waals surface area (Å²) in [4.78, 5) is 125. The zero-order valence-electron chi connectivity index (χ0n) is 35.1. The monoisotopic (exact) mass is 880 g/mol. The van der Waals surface area contributed by atoms with Crippen molar-refractivity contribution in [2.45, 2.75) is 46.0 Å². The molecule has 5 atom stereocenters. The van der Waals surface area contributed by atoms with Crippen LogP contribution >= 0.6 is 0 Å². The molecule has 20 heteroatoms. The zero-order valence-corrected chi connectivity index (χ0v) is 35.1. The molecule has 0 saturated heterocycles. The van der Waals surface area contributed by atoms with Crippen LogP contribution in [-0.2, 0) is 95.3 Å². The standard InChI is InChI=1S/C42H56O20/c1-8-29(39(49)59-20-15-54-34(44)10-3)25-31(41(51)61-22-17-56-36(46)12-5)27-32(42(52)62-23-18-57-37(47)13-6)26-30(40(50)60-21-16-55-35(45)11-4)24-28(7)38(48)58-19-14-53-33(43)9-2/h9-13,28-32H,2-6,8,14-27H2,1,7H3. The second kappa shape index (κ2) is 33.2. The molecule has 0 fully saturated rings. The van der Waals surface area contributed by atoms with Crippen molar-refractivity contribution < 1.29 is 95.3 Å². The number of hydrogen-bond acceptors (Lipinski definition) is 20. The summed E-state index contributed by atoms with van der Waals surface area (Å²) in [5.41, 5.74) is 0. The molecule has 0 radical (unpaired) electrons. The predicted octanol–water partition coefficient (Wildman–Crippen LogP) is 2.42. The van der Waals surface area contributed by atoms with Crippen molar-refractivity contribution in [1.82, 2.24) is 0 Å². The van der Waals surface area contributed by atoms with E-state index in [0.29, 0.717) is 0 Å². The van der Waals surface area contributed by atoms with Crippen molar-refractivity contribution in [3.63, 3.8) is 0 Å². The van der Waals surface area contributed by atoms with E-state index in [-0.39, 0.29) is 58.9 Å². The number of carbonyl (C=O) groups is 10. The van der Waals surface area contributed by atoms with Gasteiger partial charge in [-0.25, -0.2) is 24.0 Å². The normalized spacial score (nSPS) is 12.7. The zero-order chi connectivity index (χ0) is 46.9. The summed E-state index contributed by atoms with van der Waals surface area (Å²) in [6, 6.07) is 0. The summed E-state index contributed by atoms with van der Waals surface area (Å²) in [5.74, 6) is -14.4. The van der Waals surface area contributed by atoms with E-state index >= 15 is 0 Å². The second-order valence-electron chi connectivity index (χ2n) is 12.7. The van der Waals surface area contributed by atoms with Crippen LogP contribution in [0.4, 0.5) is 0 Å². The van der Waals surface area contributed by atoms with Crippen molar-refractivity contribution in [2.75, 3.05) is 66.1 Å². The Labute approximate surface area is 359 Å². The van der Waals surface area contributed by atoms with Gasteiger partial charge >= 0.3 is 59.7 Å². The molecule has 344 valence electrons. The van der Waals surface area contributed by atoms with Crippen molar-refractivity contribution in [1.29, 1.82) is 0 Å². The molecule has 0 aromatic rings. The second-order valence-corrected chi connectivity index (χ2v) is 12.7. The first-order valence-corrected chi connectivity index (χ1v) is 19.4. The molecule has 0 heterocycles. The van der Waals surface area contributed by atoms with E-state index in [2.05, 4.69) is 32.9 Å². The molecule has 0 aliphatic rings. The topological polar surface area (TPSA) is 263 Å². The minimum atomic E-state index is -1.38. The fourth-order valence-electron chi connectivity index (χ4n) is 5.18. The van der Waals surface area contributed by atoms with Crippen LogP contribution in [0.3, 0.4) is 0 Å². The van der Waals surface area contributed by atoms with Crippen LogP contribution in [0.25, 0.3) is 0 Å². The van der Waals surface area contributed by atoms with Crippen LogP contribution in [0, 0.1) is 29.6 Å². The smallest absolute Gasteiger partial charge is 0.330 e. The third-order valence-electron chi connectivity index (χ3n) is 8.27. The fraction of sp³-hybridized carbons (Fsp3) is 0.524. The van der Waals surface area contributed by atoms with E-state index in [4.69, 9.17) is 47.4 Å². The number of rotatable bonds is 34. The van der Waals surface area contributed by atoms with E-state index in [9.17, 15) is 47.9 Å². The molecule has 0 saturated carbocycles. The van der Waals surface area contributed by atoms with Crippen molar-refractivity contribution in [2.24, 2.45) is 29.6 Å². The highest BCUT2D eigenvalue weighted by molar-refractivity contribution is 5.83. The van der Waals surface area contributed by atoms with Gasteiger partial charge in [0.1, 0.15) is 66.1 Å². The van der Waals surface area contributed by atoms with Gasteiger partial charge in [0, 0.05) is 30.4 Å². The lowest BCUT2D eigenvalue weighted by Gasteiger charge is -2.27. The third-order valence-corrected chi connectivity index (χ3v) is 8.27. The maximum Gasteiger partial charge on any atom is 0.330 e. The van der Waals surface area contributed by atoms with Gasteiger partial charge in [-0.2, -0.15) is 0 Å². The van der Waals surface area contributed by atoms with Crippen LogP contribution in [-0.4, -0.2) is 126 Å². The Balaban J connectivity index is 6.78.